The molecule has 0 saturated carbocycles. The van der Waals surface area contributed by atoms with Crippen LogP contribution in [-0.4, -0.2) is 44.7 Å². The minimum absolute atomic E-state index is 0.326. The van der Waals surface area contributed by atoms with Crippen molar-refractivity contribution in [3.63, 3.8) is 0 Å². The maximum Gasteiger partial charge on any atom is 0.340 e. The number of esters is 1. The van der Waals surface area contributed by atoms with Crippen molar-refractivity contribution in [2.45, 2.75) is 13.3 Å². The molecule has 5 heteroatoms. The molecule has 106 valence electrons. The van der Waals surface area contributed by atoms with Gasteiger partial charge in [0, 0.05) is 12.2 Å². The quantitative estimate of drug-likeness (QED) is 0.463. The molecule has 0 amide bonds. The van der Waals surface area contributed by atoms with Crippen LogP contribution in [0.4, 0.5) is 5.69 Å². The molecule has 0 fully saturated rings. The number of benzene rings is 1. The minimum Gasteiger partial charge on any atom is -0.494 e. The highest BCUT2D eigenvalue weighted by atomic mass is 16.5. The number of ether oxygens (including phenoxy) is 2. The van der Waals surface area contributed by atoms with Crippen LogP contribution in [0.3, 0.4) is 0 Å². The molecule has 0 unspecified atom stereocenters. The highest BCUT2D eigenvalue weighted by molar-refractivity contribution is 5.95. The lowest BCUT2D eigenvalue weighted by Gasteiger charge is -2.12. The van der Waals surface area contributed by atoms with E-state index in [1.54, 1.807) is 25.1 Å². The molecule has 0 aromatic heterocycles. The van der Waals surface area contributed by atoms with Crippen molar-refractivity contribution in [2.75, 3.05) is 39.6 Å². The Morgan fingerprint density at radius 1 is 1.37 bits per heavy atom. The molecular formula is C14H22N2O3. The Morgan fingerprint density at radius 3 is 2.74 bits per heavy atom. The number of hydrogen-bond donors (Lipinski definition) is 1. The molecule has 0 heterocycles. The molecule has 1 aromatic rings. The Balaban J connectivity index is 2.60. The van der Waals surface area contributed by atoms with Gasteiger partial charge in [-0.15, -0.1) is 0 Å². The monoisotopic (exact) mass is 266 g/mol. The molecule has 0 saturated heterocycles. The lowest BCUT2D eigenvalue weighted by atomic mass is 10.1. The molecular weight excluding hydrogens is 244 g/mol. The number of rotatable bonds is 7. The molecule has 1 aromatic carbocycles. The summed E-state index contributed by atoms with van der Waals surface area (Å²) in [5, 5.41) is 0. The maximum atomic E-state index is 11.7. The van der Waals surface area contributed by atoms with Crippen LogP contribution < -0.4 is 10.5 Å². The van der Waals surface area contributed by atoms with Gasteiger partial charge in [-0.3, -0.25) is 0 Å². The molecule has 2 N–H and O–H groups in total. The van der Waals surface area contributed by atoms with Gasteiger partial charge in [0.05, 0.1) is 18.8 Å². The first-order valence-corrected chi connectivity index (χ1v) is 6.38. The number of nitrogen functional groups attached to an aromatic ring is 1. The Hall–Kier alpha value is -1.75. The van der Waals surface area contributed by atoms with E-state index in [0.29, 0.717) is 30.2 Å². The first-order valence-electron chi connectivity index (χ1n) is 6.38. The van der Waals surface area contributed by atoms with Gasteiger partial charge in [0.25, 0.3) is 0 Å². The van der Waals surface area contributed by atoms with E-state index in [2.05, 4.69) is 4.90 Å². The summed E-state index contributed by atoms with van der Waals surface area (Å²) in [7, 11) is 4.03. The highest BCUT2D eigenvalue weighted by Crippen LogP contribution is 2.20. The summed E-state index contributed by atoms with van der Waals surface area (Å²) in [6.07, 6.45) is 0.923. The topological polar surface area (TPSA) is 64.8 Å². The summed E-state index contributed by atoms with van der Waals surface area (Å²) in [5.74, 6) is 0.217. The standard InChI is InChI=1S/C14H22N2O3/c1-4-18-14(17)12-10-11(6-7-13(12)15)19-9-5-8-16(2)3/h6-7,10H,4-5,8-9,15H2,1-3H3. The van der Waals surface area contributed by atoms with Crippen LogP contribution in [-0.2, 0) is 4.74 Å². The van der Waals surface area contributed by atoms with E-state index < -0.39 is 5.97 Å². The third kappa shape index (κ3) is 5.18. The third-order valence-corrected chi connectivity index (χ3v) is 2.54. The van der Waals surface area contributed by atoms with Gasteiger partial charge in [-0.1, -0.05) is 0 Å². The maximum absolute atomic E-state index is 11.7. The van der Waals surface area contributed by atoms with Gasteiger partial charge < -0.3 is 20.1 Å². The number of anilines is 1. The molecule has 0 aliphatic heterocycles. The molecule has 19 heavy (non-hydrogen) atoms. The second-order valence-corrected chi connectivity index (χ2v) is 4.47. The number of carbonyl (C=O) groups is 1. The number of nitrogens with zero attached hydrogens (tertiary/aromatic N) is 1. The van der Waals surface area contributed by atoms with Crippen LogP contribution in [0.5, 0.6) is 5.75 Å². The lowest BCUT2D eigenvalue weighted by Crippen LogP contribution is -2.15. The van der Waals surface area contributed by atoms with E-state index in [0.717, 1.165) is 13.0 Å². The van der Waals surface area contributed by atoms with E-state index >= 15 is 0 Å². The molecule has 0 spiro atoms. The molecule has 0 atom stereocenters. The van der Waals surface area contributed by atoms with Crippen molar-refractivity contribution in [3.05, 3.63) is 23.8 Å². The summed E-state index contributed by atoms with van der Waals surface area (Å²) in [6, 6.07) is 5.05. The largest absolute Gasteiger partial charge is 0.494 e. The summed E-state index contributed by atoms with van der Waals surface area (Å²) in [6.45, 7) is 3.64. The fourth-order valence-electron chi connectivity index (χ4n) is 1.58. The van der Waals surface area contributed by atoms with Gasteiger partial charge in [0.2, 0.25) is 0 Å². The second kappa shape index (κ2) is 7.63. The summed E-state index contributed by atoms with van der Waals surface area (Å²) in [5.41, 5.74) is 6.51. The molecule has 1 rings (SSSR count). The third-order valence-electron chi connectivity index (χ3n) is 2.54. The summed E-state index contributed by atoms with van der Waals surface area (Å²) < 4.78 is 10.5. The Morgan fingerprint density at radius 2 is 2.11 bits per heavy atom. The van der Waals surface area contributed by atoms with Crippen molar-refractivity contribution in [2.24, 2.45) is 0 Å². The number of hydrogen-bond acceptors (Lipinski definition) is 5. The van der Waals surface area contributed by atoms with Crippen molar-refractivity contribution in [1.29, 1.82) is 0 Å². The molecule has 0 aliphatic rings. The Kier molecular flexibility index (Phi) is 6.15. The van der Waals surface area contributed by atoms with Crippen molar-refractivity contribution in [3.8, 4) is 5.75 Å². The first kappa shape index (κ1) is 15.3. The minimum atomic E-state index is -0.418. The van der Waals surface area contributed by atoms with Crippen LogP contribution in [0.15, 0.2) is 18.2 Å². The highest BCUT2D eigenvalue weighted by Gasteiger charge is 2.11. The zero-order chi connectivity index (χ0) is 14.3. The summed E-state index contributed by atoms with van der Waals surface area (Å²) >= 11 is 0. The zero-order valence-corrected chi connectivity index (χ0v) is 11.8. The van der Waals surface area contributed by atoms with Gasteiger partial charge in [0.15, 0.2) is 0 Å². The molecule has 0 radical (unpaired) electrons. The fourth-order valence-corrected chi connectivity index (χ4v) is 1.58. The zero-order valence-electron chi connectivity index (χ0n) is 11.8. The van der Waals surface area contributed by atoms with Crippen LogP contribution in [0.25, 0.3) is 0 Å². The van der Waals surface area contributed by atoms with E-state index in [4.69, 9.17) is 15.2 Å². The molecule has 0 bridgehead atoms. The van der Waals surface area contributed by atoms with Crippen LogP contribution in [0, 0.1) is 0 Å². The number of carbonyl (C=O) groups excluding carboxylic acids is 1. The average Bonchev–Trinajstić information content (AvgIpc) is 2.36. The molecule has 5 nitrogen and oxygen atoms in total. The average molecular weight is 266 g/mol. The normalized spacial score (nSPS) is 10.5. The van der Waals surface area contributed by atoms with Crippen molar-refractivity contribution >= 4 is 11.7 Å². The SMILES string of the molecule is CCOC(=O)c1cc(OCCCN(C)C)ccc1N. The van der Waals surface area contributed by atoms with Gasteiger partial charge in [-0.2, -0.15) is 0 Å². The summed E-state index contributed by atoms with van der Waals surface area (Å²) in [4.78, 5) is 13.8. The first-order chi connectivity index (χ1) is 9.04. The van der Waals surface area contributed by atoms with Crippen molar-refractivity contribution in [1.82, 2.24) is 4.90 Å². The predicted octanol–water partition coefficient (Wildman–Crippen LogP) is 1.78. The van der Waals surface area contributed by atoms with Gasteiger partial charge in [-0.25, -0.2) is 4.79 Å². The van der Waals surface area contributed by atoms with Crippen LogP contribution in [0.1, 0.15) is 23.7 Å². The smallest absolute Gasteiger partial charge is 0.340 e. The Labute approximate surface area is 114 Å². The molecule has 0 aliphatic carbocycles. The van der Waals surface area contributed by atoms with E-state index in [9.17, 15) is 4.79 Å². The van der Waals surface area contributed by atoms with Gasteiger partial charge in [0.1, 0.15) is 5.75 Å². The van der Waals surface area contributed by atoms with Crippen LogP contribution >= 0.6 is 0 Å². The predicted molar refractivity (Wildman–Crippen MR) is 75.5 cm³/mol. The number of nitrogens with two attached hydrogens (primary N) is 1. The van der Waals surface area contributed by atoms with Crippen LogP contribution in [0.2, 0.25) is 0 Å². The second-order valence-electron chi connectivity index (χ2n) is 4.47. The van der Waals surface area contributed by atoms with E-state index in [-0.39, 0.29) is 0 Å². The van der Waals surface area contributed by atoms with Gasteiger partial charge >= 0.3 is 5.97 Å². The van der Waals surface area contributed by atoms with E-state index in [1.807, 2.05) is 14.1 Å². The van der Waals surface area contributed by atoms with E-state index in [1.165, 1.54) is 0 Å². The fraction of sp³-hybridized carbons (Fsp3) is 0.500. The van der Waals surface area contributed by atoms with Gasteiger partial charge in [-0.05, 0) is 45.6 Å². The lowest BCUT2D eigenvalue weighted by molar-refractivity contribution is 0.0527. The Bertz CT molecular complexity index is 419. The van der Waals surface area contributed by atoms with Crippen molar-refractivity contribution < 1.29 is 14.3 Å².